The minimum absolute atomic E-state index is 0. The molecule has 2 aliphatic rings. The Labute approximate surface area is 154 Å². The minimum Gasteiger partial charge on any atom is -0.459 e. The number of furan rings is 1. The number of hydrogen-bond acceptors (Lipinski definition) is 2. The Morgan fingerprint density at radius 2 is 1.74 bits per heavy atom. The van der Waals surface area contributed by atoms with Crippen molar-refractivity contribution >= 4 is 40.9 Å². The Hall–Kier alpha value is -1.24. The first-order valence-electron chi connectivity index (χ1n) is 8.42. The number of guanidine groups is 1. The van der Waals surface area contributed by atoms with E-state index in [1.807, 2.05) is 18.2 Å². The monoisotopic (exact) mass is 425 g/mol. The van der Waals surface area contributed by atoms with Gasteiger partial charge in [-0.2, -0.15) is 0 Å². The molecule has 0 spiro atoms. The summed E-state index contributed by atoms with van der Waals surface area (Å²) in [6.45, 7) is 0.587. The number of nitrogens with zero attached hydrogens (tertiary/aromatic N) is 1. The molecule has 5 heteroatoms. The van der Waals surface area contributed by atoms with E-state index < -0.39 is 0 Å². The molecule has 1 heterocycles. The van der Waals surface area contributed by atoms with Crippen LogP contribution in [0.5, 0.6) is 0 Å². The number of fused-ring (bicyclic) bond motifs is 1. The highest BCUT2D eigenvalue weighted by atomic mass is 127. The van der Waals surface area contributed by atoms with E-state index in [0.717, 1.165) is 22.7 Å². The van der Waals surface area contributed by atoms with Crippen LogP contribution in [0.3, 0.4) is 0 Å². The van der Waals surface area contributed by atoms with Crippen LogP contribution >= 0.6 is 24.0 Å². The molecular formula is C18H24IN3O. The fourth-order valence-corrected chi connectivity index (χ4v) is 3.09. The highest BCUT2D eigenvalue weighted by molar-refractivity contribution is 14.0. The minimum atomic E-state index is 0. The second-order valence-electron chi connectivity index (χ2n) is 6.46. The summed E-state index contributed by atoms with van der Waals surface area (Å²) >= 11 is 0. The van der Waals surface area contributed by atoms with E-state index in [4.69, 9.17) is 9.41 Å². The van der Waals surface area contributed by atoms with Crippen LogP contribution in [0, 0.1) is 0 Å². The van der Waals surface area contributed by atoms with Crippen LogP contribution in [-0.2, 0) is 6.54 Å². The summed E-state index contributed by atoms with van der Waals surface area (Å²) in [7, 11) is 0. The molecule has 0 atom stereocenters. The molecule has 1 aromatic carbocycles. The van der Waals surface area contributed by atoms with Gasteiger partial charge in [0.15, 0.2) is 5.96 Å². The average Bonchev–Trinajstić information content (AvgIpc) is 3.03. The molecule has 1 aromatic heterocycles. The molecule has 0 radical (unpaired) electrons. The van der Waals surface area contributed by atoms with Crippen molar-refractivity contribution < 1.29 is 4.42 Å². The molecule has 4 nitrogen and oxygen atoms in total. The SMILES string of the molecule is I.c1ccc2oc(CN=C(NC3CCCC3)NC3CC3)cc2c1. The van der Waals surface area contributed by atoms with Crippen molar-refractivity contribution in [3.8, 4) is 0 Å². The predicted octanol–water partition coefficient (Wildman–Crippen LogP) is 4.19. The third kappa shape index (κ3) is 4.40. The van der Waals surface area contributed by atoms with Gasteiger partial charge in [0.2, 0.25) is 0 Å². The molecule has 0 aliphatic heterocycles. The van der Waals surface area contributed by atoms with E-state index in [2.05, 4.69) is 22.8 Å². The number of rotatable bonds is 4. The summed E-state index contributed by atoms with van der Waals surface area (Å²) in [4.78, 5) is 4.73. The van der Waals surface area contributed by atoms with Crippen LogP contribution < -0.4 is 10.6 Å². The molecule has 0 unspecified atom stereocenters. The summed E-state index contributed by atoms with van der Waals surface area (Å²) in [6, 6.07) is 11.4. The van der Waals surface area contributed by atoms with Crippen molar-refractivity contribution in [3.63, 3.8) is 0 Å². The lowest BCUT2D eigenvalue weighted by atomic mass is 10.2. The van der Waals surface area contributed by atoms with E-state index in [9.17, 15) is 0 Å². The fourth-order valence-electron chi connectivity index (χ4n) is 3.09. The van der Waals surface area contributed by atoms with Crippen molar-refractivity contribution in [1.82, 2.24) is 10.6 Å². The zero-order chi connectivity index (χ0) is 14.8. The maximum atomic E-state index is 5.85. The number of para-hydroxylation sites is 1. The van der Waals surface area contributed by atoms with Crippen molar-refractivity contribution in [2.24, 2.45) is 4.99 Å². The average molecular weight is 425 g/mol. The third-order valence-electron chi connectivity index (χ3n) is 4.48. The Kier molecular flexibility index (Phi) is 5.46. The molecule has 2 saturated carbocycles. The molecule has 2 aromatic rings. The summed E-state index contributed by atoms with van der Waals surface area (Å²) in [5, 5.41) is 8.25. The highest BCUT2D eigenvalue weighted by Gasteiger charge is 2.24. The molecule has 124 valence electrons. The zero-order valence-electron chi connectivity index (χ0n) is 13.3. The number of hydrogen-bond donors (Lipinski definition) is 2. The number of aliphatic imine (C=N–C) groups is 1. The zero-order valence-corrected chi connectivity index (χ0v) is 15.6. The van der Waals surface area contributed by atoms with E-state index >= 15 is 0 Å². The fraction of sp³-hybridized carbons (Fsp3) is 0.500. The van der Waals surface area contributed by atoms with E-state index in [-0.39, 0.29) is 24.0 Å². The van der Waals surface area contributed by atoms with Gasteiger partial charge in [-0.25, -0.2) is 4.99 Å². The molecule has 0 bridgehead atoms. The van der Waals surface area contributed by atoms with Crippen molar-refractivity contribution in [2.45, 2.75) is 57.2 Å². The van der Waals surface area contributed by atoms with Crippen LogP contribution in [0.4, 0.5) is 0 Å². The summed E-state index contributed by atoms with van der Waals surface area (Å²) < 4.78 is 5.85. The van der Waals surface area contributed by atoms with Crippen LogP contribution in [0.15, 0.2) is 39.7 Å². The van der Waals surface area contributed by atoms with Gasteiger partial charge in [0.1, 0.15) is 17.9 Å². The molecule has 2 fully saturated rings. The van der Waals surface area contributed by atoms with Gasteiger partial charge in [0.05, 0.1) is 0 Å². The molecule has 2 aliphatic carbocycles. The third-order valence-corrected chi connectivity index (χ3v) is 4.48. The maximum Gasteiger partial charge on any atom is 0.192 e. The Morgan fingerprint density at radius 3 is 2.43 bits per heavy atom. The Balaban J connectivity index is 0.00000156. The van der Waals surface area contributed by atoms with E-state index in [0.29, 0.717) is 18.6 Å². The normalized spacial score (nSPS) is 18.9. The first-order valence-corrected chi connectivity index (χ1v) is 8.42. The smallest absolute Gasteiger partial charge is 0.192 e. The van der Waals surface area contributed by atoms with Crippen LogP contribution in [0.25, 0.3) is 11.0 Å². The van der Waals surface area contributed by atoms with Crippen LogP contribution in [0.1, 0.15) is 44.3 Å². The largest absolute Gasteiger partial charge is 0.459 e. The molecule has 0 amide bonds. The first kappa shape index (κ1) is 16.6. The van der Waals surface area contributed by atoms with Crippen molar-refractivity contribution in [3.05, 3.63) is 36.1 Å². The molecule has 0 saturated heterocycles. The quantitative estimate of drug-likeness (QED) is 0.439. The molecule has 2 N–H and O–H groups in total. The predicted molar refractivity (Wildman–Crippen MR) is 104 cm³/mol. The second kappa shape index (κ2) is 7.55. The number of nitrogens with one attached hydrogen (secondary N) is 2. The lowest BCUT2D eigenvalue weighted by molar-refractivity contribution is 0.549. The Bertz CT molecular complexity index is 639. The van der Waals surface area contributed by atoms with Crippen molar-refractivity contribution in [1.29, 1.82) is 0 Å². The first-order chi connectivity index (χ1) is 10.9. The van der Waals surface area contributed by atoms with Crippen LogP contribution in [-0.4, -0.2) is 18.0 Å². The maximum absolute atomic E-state index is 5.85. The van der Waals surface area contributed by atoms with Gasteiger partial charge in [0.25, 0.3) is 0 Å². The van der Waals surface area contributed by atoms with Gasteiger partial charge in [-0.3, -0.25) is 0 Å². The summed E-state index contributed by atoms with van der Waals surface area (Å²) in [6.07, 6.45) is 7.70. The van der Waals surface area contributed by atoms with Gasteiger partial charge >= 0.3 is 0 Å². The van der Waals surface area contributed by atoms with E-state index in [1.165, 1.54) is 38.5 Å². The van der Waals surface area contributed by atoms with E-state index in [1.54, 1.807) is 0 Å². The molecule has 4 rings (SSSR count). The van der Waals surface area contributed by atoms with Gasteiger partial charge in [-0.05, 0) is 37.8 Å². The van der Waals surface area contributed by atoms with Gasteiger partial charge < -0.3 is 15.1 Å². The lowest BCUT2D eigenvalue weighted by Crippen LogP contribution is -2.43. The summed E-state index contributed by atoms with van der Waals surface area (Å²) in [5.41, 5.74) is 0.938. The summed E-state index contributed by atoms with van der Waals surface area (Å²) in [5.74, 6) is 1.87. The second-order valence-corrected chi connectivity index (χ2v) is 6.46. The number of halogens is 1. The molecular weight excluding hydrogens is 401 g/mol. The van der Waals surface area contributed by atoms with Crippen LogP contribution in [0.2, 0.25) is 0 Å². The highest BCUT2D eigenvalue weighted by Crippen LogP contribution is 2.21. The van der Waals surface area contributed by atoms with Gasteiger partial charge in [-0.15, -0.1) is 24.0 Å². The standard InChI is InChI=1S/C18H23N3O.HI/c1-4-8-17-13(5-1)11-16(22-17)12-19-18(21-15-9-10-15)20-14-6-2-3-7-14;/h1,4-5,8,11,14-15H,2-3,6-7,9-10,12H2,(H2,19,20,21);1H. The molecule has 23 heavy (non-hydrogen) atoms. The van der Waals surface area contributed by atoms with Gasteiger partial charge in [0, 0.05) is 17.5 Å². The Morgan fingerprint density at radius 1 is 1.04 bits per heavy atom. The lowest BCUT2D eigenvalue weighted by Gasteiger charge is -2.16. The van der Waals surface area contributed by atoms with Crippen molar-refractivity contribution in [2.75, 3.05) is 0 Å². The van der Waals surface area contributed by atoms with Gasteiger partial charge in [-0.1, -0.05) is 31.0 Å². The number of benzene rings is 1. The topological polar surface area (TPSA) is 49.6 Å².